The van der Waals surface area contributed by atoms with Gasteiger partial charge in [0, 0.05) is 18.6 Å². The fourth-order valence-corrected chi connectivity index (χ4v) is 4.24. The molecule has 0 aromatic rings. The SMILES string of the molecule is CC(CC1CCC1)N1CCCC(C2CCCN2)C1. The maximum atomic E-state index is 3.72. The molecule has 18 heavy (non-hydrogen) atoms. The molecule has 1 saturated carbocycles. The van der Waals surface area contributed by atoms with E-state index in [1.54, 1.807) is 0 Å². The van der Waals surface area contributed by atoms with E-state index in [1.807, 2.05) is 0 Å². The van der Waals surface area contributed by atoms with Crippen LogP contribution in [0.2, 0.25) is 0 Å². The predicted molar refractivity (Wildman–Crippen MR) is 76.7 cm³/mol. The molecule has 0 amide bonds. The highest BCUT2D eigenvalue weighted by Gasteiger charge is 2.31. The molecule has 3 aliphatic rings. The molecule has 104 valence electrons. The van der Waals surface area contributed by atoms with Gasteiger partial charge in [-0.15, -0.1) is 0 Å². The van der Waals surface area contributed by atoms with Crippen LogP contribution in [-0.4, -0.2) is 36.6 Å². The molecule has 3 fully saturated rings. The fourth-order valence-electron chi connectivity index (χ4n) is 4.24. The van der Waals surface area contributed by atoms with E-state index in [2.05, 4.69) is 17.1 Å². The van der Waals surface area contributed by atoms with Crippen molar-refractivity contribution in [2.75, 3.05) is 19.6 Å². The quantitative estimate of drug-likeness (QED) is 0.825. The molecule has 0 spiro atoms. The van der Waals surface area contributed by atoms with Gasteiger partial charge in [0.25, 0.3) is 0 Å². The topological polar surface area (TPSA) is 15.3 Å². The smallest absolute Gasteiger partial charge is 0.0108 e. The molecule has 0 radical (unpaired) electrons. The van der Waals surface area contributed by atoms with Crippen LogP contribution in [0.3, 0.4) is 0 Å². The summed E-state index contributed by atoms with van der Waals surface area (Å²) in [5.41, 5.74) is 0. The molecule has 1 aliphatic carbocycles. The van der Waals surface area contributed by atoms with Crippen molar-refractivity contribution in [1.82, 2.24) is 10.2 Å². The van der Waals surface area contributed by atoms with Crippen LogP contribution in [0.5, 0.6) is 0 Å². The fraction of sp³-hybridized carbons (Fsp3) is 1.00. The van der Waals surface area contributed by atoms with Gasteiger partial charge in [-0.05, 0) is 64.0 Å². The summed E-state index contributed by atoms with van der Waals surface area (Å²) in [7, 11) is 0. The molecule has 2 aliphatic heterocycles. The van der Waals surface area contributed by atoms with E-state index in [1.165, 1.54) is 71.0 Å². The second kappa shape index (κ2) is 5.92. The van der Waals surface area contributed by atoms with Gasteiger partial charge in [-0.3, -0.25) is 0 Å². The number of nitrogens with one attached hydrogen (secondary N) is 1. The highest BCUT2D eigenvalue weighted by Crippen LogP contribution is 2.33. The number of nitrogens with zero attached hydrogens (tertiary/aromatic N) is 1. The van der Waals surface area contributed by atoms with E-state index in [4.69, 9.17) is 0 Å². The standard InChI is InChI=1S/C16H30N2/c1-13(11-14-5-2-6-14)18-10-4-7-15(12-18)16-8-3-9-17-16/h13-17H,2-12H2,1H3. The van der Waals surface area contributed by atoms with Crippen LogP contribution in [-0.2, 0) is 0 Å². The summed E-state index contributed by atoms with van der Waals surface area (Å²) in [4.78, 5) is 2.80. The van der Waals surface area contributed by atoms with Crippen LogP contribution >= 0.6 is 0 Å². The first-order valence-corrected chi connectivity index (χ1v) is 8.30. The summed E-state index contributed by atoms with van der Waals surface area (Å²) in [5, 5.41) is 3.72. The lowest BCUT2D eigenvalue weighted by Crippen LogP contribution is -2.47. The summed E-state index contributed by atoms with van der Waals surface area (Å²) in [6.45, 7) is 6.46. The first-order chi connectivity index (χ1) is 8.83. The van der Waals surface area contributed by atoms with Crippen LogP contribution in [0.4, 0.5) is 0 Å². The second-order valence-corrected chi connectivity index (χ2v) is 6.98. The Balaban J connectivity index is 1.49. The Kier molecular flexibility index (Phi) is 4.25. The van der Waals surface area contributed by atoms with Crippen molar-refractivity contribution in [2.45, 2.75) is 70.4 Å². The van der Waals surface area contributed by atoms with Crippen LogP contribution < -0.4 is 5.32 Å². The molecule has 0 aromatic heterocycles. The van der Waals surface area contributed by atoms with E-state index in [0.717, 1.165) is 23.9 Å². The van der Waals surface area contributed by atoms with E-state index in [-0.39, 0.29) is 0 Å². The van der Waals surface area contributed by atoms with E-state index < -0.39 is 0 Å². The Labute approximate surface area is 113 Å². The Hall–Kier alpha value is -0.0800. The van der Waals surface area contributed by atoms with Gasteiger partial charge in [0.05, 0.1) is 0 Å². The van der Waals surface area contributed by atoms with Gasteiger partial charge in [-0.1, -0.05) is 19.3 Å². The number of likely N-dealkylation sites (tertiary alicyclic amines) is 1. The Morgan fingerprint density at radius 1 is 1.11 bits per heavy atom. The largest absolute Gasteiger partial charge is 0.314 e. The van der Waals surface area contributed by atoms with Crippen LogP contribution in [0.15, 0.2) is 0 Å². The van der Waals surface area contributed by atoms with E-state index in [0.29, 0.717) is 0 Å². The lowest BCUT2D eigenvalue weighted by atomic mass is 9.80. The summed E-state index contributed by atoms with van der Waals surface area (Å²) in [6, 6.07) is 1.67. The van der Waals surface area contributed by atoms with Crippen LogP contribution in [0.1, 0.15) is 58.3 Å². The molecule has 2 saturated heterocycles. The minimum absolute atomic E-state index is 0.833. The van der Waals surface area contributed by atoms with Crippen molar-refractivity contribution in [3.05, 3.63) is 0 Å². The maximum Gasteiger partial charge on any atom is 0.0108 e. The number of rotatable bonds is 4. The average molecular weight is 250 g/mol. The predicted octanol–water partition coefficient (Wildman–Crippen LogP) is 3.03. The van der Waals surface area contributed by atoms with Gasteiger partial charge < -0.3 is 10.2 Å². The molecule has 3 rings (SSSR count). The van der Waals surface area contributed by atoms with Gasteiger partial charge in [0.15, 0.2) is 0 Å². The molecule has 3 atom stereocenters. The Morgan fingerprint density at radius 2 is 2.00 bits per heavy atom. The number of hydrogen-bond donors (Lipinski definition) is 1. The molecule has 2 heterocycles. The van der Waals surface area contributed by atoms with E-state index in [9.17, 15) is 0 Å². The van der Waals surface area contributed by atoms with E-state index >= 15 is 0 Å². The number of hydrogen-bond acceptors (Lipinski definition) is 2. The minimum Gasteiger partial charge on any atom is -0.314 e. The summed E-state index contributed by atoms with van der Waals surface area (Å²) in [6.07, 6.45) is 11.7. The van der Waals surface area contributed by atoms with Crippen molar-refractivity contribution in [1.29, 1.82) is 0 Å². The molecule has 2 heteroatoms. The van der Waals surface area contributed by atoms with Crippen molar-refractivity contribution in [3.8, 4) is 0 Å². The van der Waals surface area contributed by atoms with Gasteiger partial charge >= 0.3 is 0 Å². The summed E-state index contributed by atoms with van der Waals surface area (Å²) in [5.74, 6) is 2.00. The van der Waals surface area contributed by atoms with Crippen molar-refractivity contribution in [2.24, 2.45) is 11.8 Å². The zero-order chi connectivity index (χ0) is 12.4. The summed E-state index contributed by atoms with van der Waals surface area (Å²) >= 11 is 0. The normalized spacial score (nSPS) is 36.5. The number of piperidine rings is 1. The molecule has 0 aromatic carbocycles. The third-order valence-electron chi connectivity index (χ3n) is 5.68. The lowest BCUT2D eigenvalue weighted by Gasteiger charge is -2.41. The third kappa shape index (κ3) is 2.91. The zero-order valence-electron chi connectivity index (χ0n) is 12.0. The maximum absolute atomic E-state index is 3.72. The Bertz CT molecular complexity index is 256. The molecular weight excluding hydrogens is 220 g/mol. The Morgan fingerprint density at radius 3 is 2.67 bits per heavy atom. The van der Waals surface area contributed by atoms with Gasteiger partial charge in [-0.2, -0.15) is 0 Å². The first kappa shape index (κ1) is 12.9. The van der Waals surface area contributed by atoms with Crippen molar-refractivity contribution >= 4 is 0 Å². The van der Waals surface area contributed by atoms with Gasteiger partial charge in [0.1, 0.15) is 0 Å². The van der Waals surface area contributed by atoms with Crippen LogP contribution in [0, 0.1) is 11.8 Å². The first-order valence-electron chi connectivity index (χ1n) is 8.30. The molecule has 1 N–H and O–H groups in total. The van der Waals surface area contributed by atoms with Crippen molar-refractivity contribution < 1.29 is 0 Å². The molecule has 3 unspecified atom stereocenters. The lowest BCUT2D eigenvalue weighted by molar-refractivity contribution is 0.0912. The molecule has 2 nitrogen and oxygen atoms in total. The van der Waals surface area contributed by atoms with Gasteiger partial charge in [0.2, 0.25) is 0 Å². The van der Waals surface area contributed by atoms with Gasteiger partial charge in [-0.25, -0.2) is 0 Å². The average Bonchev–Trinajstić information content (AvgIpc) is 2.87. The minimum atomic E-state index is 0.833. The zero-order valence-corrected chi connectivity index (χ0v) is 12.0. The van der Waals surface area contributed by atoms with Crippen LogP contribution in [0.25, 0.3) is 0 Å². The monoisotopic (exact) mass is 250 g/mol. The highest BCUT2D eigenvalue weighted by atomic mass is 15.2. The van der Waals surface area contributed by atoms with Crippen molar-refractivity contribution in [3.63, 3.8) is 0 Å². The summed E-state index contributed by atoms with van der Waals surface area (Å²) < 4.78 is 0. The second-order valence-electron chi connectivity index (χ2n) is 6.98. The molecule has 0 bridgehead atoms. The third-order valence-corrected chi connectivity index (χ3v) is 5.68. The highest BCUT2D eigenvalue weighted by molar-refractivity contribution is 4.88. The molecular formula is C16H30N2.